The number of halogens is 1. The first kappa shape index (κ1) is 14.7. The van der Waals surface area contributed by atoms with E-state index in [0.29, 0.717) is 10.8 Å². The fraction of sp³-hybridized carbons (Fsp3) is 0. The van der Waals surface area contributed by atoms with Gasteiger partial charge in [-0.1, -0.05) is 15.9 Å². The van der Waals surface area contributed by atoms with Gasteiger partial charge >= 0.3 is 0 Å². The second-order valence-corrected chi connectivity index (χ2v) is 6.14. The van der Waals surface area contributed by atoms with Crippen molar-refractivity contribution >= 4 is 49.7 Å². The molecule has 0 saturated carbocycles. The first-order valence-corrected chi connectivity index (χ1v) is 8.07. The van der Waals surface area contributed by atoms with Crippen molar-refractivity contribution in [1.29, 1.82) is 0 Å². The second kappa shape index (κ2) is 6.67. The normalized spacial score (nSPS) is 10.2. The molecule has 0 bridgehead atoms. The molecule has 0 saturated heterocycles. The van der Waals surface area contributed by atoms with Crippen molar-refractivity contribution in [3.63, 3.8) is 0 Å². The van der Waals surface area contributed by atoms with Gasteiger partial charge in [0.05, 0.1) is 11.9 Å². The quantitative estimate of drug-likeness (QED) is 0.714. The summed E-state index contributed by atoms with van der Waals surface area (Å²) in [5.74, 6) is -0.238. The van der Waals surface area contributed by atoms with E-state index in [4.69, 9.17) is 0 Å². The molecule has 7 heteroatoms. The summed E-state index contributed by atoms with van der Waals surface area (Å²) < 4.78 is 0.960. The molecule has 3 aromatic rings. The molecule has 1 aromatic carbocycles. The lowest BCUT2D eigenvalue weighted by atomic mass is 10.3. The van der Waals surface area contributed by atoms with E-state index in [1.807, 2.05) is 36.4 Å². The Morgan fingerprint density at radius 1 is 1.14 bits per heavy atom. The van der Waals surface area contributed by atoms with Gasteiger partial charge in [-0.25, -0.2) is 4.98 Å². The van der Waals surface area contributed by atoms with Crippen molar-refractivity contribution in [1.82, 2.24) is 9.97 Å². The number of benzene rings is 1. The summed E-state index contributed by atoms with van der Waals surface area (Å²) in [6.45, 7) is 0. The molecule has 2 heterocycles. The number of pyridine rings is 1. The smallest absolute Gasteiger partial charge is 0.275 e. The van der Waals surface area contributed by atoms with Gasteiger partial charge in [-0.2, -0.15) is 0 Å². The molecule has 0 radical (unpaired) electrons. The molecule has 2 N–H and O–H groups in total. The number of nitrogens with one attached hydrogen (secondary N) is 2. The van der Waals surface area contributed by atoms with Crippen LogP contribution in [0.5, 0.6) is 0 Å². The molecule has 110 valence electrons. The summed E-state index contributed by atoms with van der Waals surface area (Å²) >= 11 is 4.72. The van der Waals surface area contributed by atoms with Crippen LogP contribution in [0.25, 0.3) is 0 Å². The molecule has 2 aromatic heterocycles. The third-order valence-electron chi connectivity index (χ3n) is 2.75. The van der Waals surface area contributed by atoms with Crippen LogP contribution in [-0.2, 0) is 0 Å². The molecule has 0 unspecified atom stereocenters. The summed E-state index contributed by atoms with van der Waals surface area (Å²) in [4.78, 5) is 20.4. The zero-order valence-corrected chi connectivity index (χ0v) is 13.7. The van der Waals surface area contributed by atoms with Crippen LogP contribution in [0.15, 0.2) is 58.6 Å². The first-order chi connectivity index (χ1) is 10.7. The Labute approximate surface area is 139 Å². The minimum absolute atomic E-state index is 0.238. The molecule has 0 aliphatic carbocycles. The fourth-order valence-corrected chi connectivity index (χ4v) is 2.70. The van der Waals surface area contributed by atoms with Crippen LogP contribution < -0.4 is 10.6 Å². The van der Waals surface area contributed by atoms with Gasteiger partial charge in [-0.3, -0.25) is 9.78 Å². The van der Waals surface area contributed by atoms with Crippen molar-refractivity contribution in [2.24, 2.45) is 0 Å². The van der Waals surface area contributed by atoms with Crippen molar-refractivity contribution in [2.75, 3.05) is 10.6 Å². The summed E-state index contributed by atoms with van der Waals surface area (Å²) in [7, 11) is 0. The van der Waals surface area contributed by atoms with Gasteiger partial charge in [0, 0.05) is 21.7 Å². The Balaban J connectivity index is 1.67. The molecule has 22 heavy (non-hydrogen) atoms. The average Bonchev–Trinajstić information content (AvgIpc) is 2.99. The number of aromatic nitrogens is 2. The number of amides is 1. The van der Waals surface area contributed by atoms with Crippen LogP contribution in [-0.4, -0.2) is 15.9 Å². The highest BCUT2D eigenvalue weighted by atomic mass is 79.9. The average molecular weight is 375 g/mol. The maximum Gasteiger partial charge on any atom is 0.275 e. The van der Waals surface area contributed by atoms with E-state index in [2.05, 4.69) is 36.5 Å². The Bertz CT molecular complexity index is 774. The van der Waals surface area contributed by atoms with E-state index in [1.54, 1.807) is 17.8 Å². The Morgan fingerprint density at radius 3 is 2.68 bits per heavy atom. The summed E-state index contributed by atoms with van der Waals surface area (Å²) in [5, 5.41) is 8.28. The van der Waals surface area contributed by atoms with E-state index in [1.165, 1.54) is 11.3 Å². The van der Waals surface area contributed by atoms with Crippen molar-refractivity contribution in [3.8, 4) is 0 Å². The van der Waals surface area contributed by atoms with Crippen molar-refractivity contribution in [2.45, 2.75) is 0 Å². The largest absolute Gasteiger partial charge is 0.330 e. The van der Waals surface area contributed by atoms with Crippen LogP contribution >= 0.6 is 27.3 Å². The zero-order valence-electron chi connectivity index (χ0n) is 11.3. The molecule has 0 aliphatic rings. The van der Waals surface area contributed by atoms with E-state index in [-0.39, 0.29) is 5.91 Å². The predicted octanol–water partition coefficient (Wildman–Crippen LogP) is 4.30. The summed E-state index contributed by atoms with van der Waals surface area (Å²) in [6, 6.07) is 11.1. The van der Waals surface area contributed by atoms with Crippen LogP contribution in [0, 0.1) is 0 Å². The van der Waals surface area contributed by atoms with Crippen LogP contribution in [0.3, 0.4) is 0 Å². The molecule has 0 spiro atoms. The molecule has 5 nitrogen and oxygen atoms in total. The number of anilines is 3. The highest BCUT2D eigenvalue weighted by molar-refractivity contribution is 9.10. The SMILES string of the molecule is O=C(Nc1ccc(Br)cc1)c1csc(Nc2cccnc2)n1. The molecule has 0 atom stereocenters. The number of carbonyl (C=O) groups is 1. The first-order valence-electron chi connectivity index (χ1n) is 6.40. The second-order valence-electron chi connectivity index (χ2n) is 4.37. The van der Waals surface area contributed by atoms with Crippen LogP contribution in [0.2, 0.25) is 0 Å². The monoisotopic (exact) mass is 374 g/mol. The molecule has 0 fully saturated rings. The van der Waals surface area contributed by atoms with Crippen molar-refractivity contribution in [3.05, 3.63) is 64.3 Å². The standard InChI is InChI=1S/C15H11BrN4OS/c16-10-3-5-11(6-4-10)18-14(21)13-9-22-15(20-13)19-12-2-1-7-17-8-12/h1-9H,(H,18,21)(H,19,20). The molecular weight excluding hydrogens is 364 g/mol. The molecular formula is C15H11BrN4OS. The Morgan fingerprint density at radius 2 is 1.95 bits per heavy atom. The zero-order chi connectivity index (χ0) is 15.4. The van der Waals surface area contributed by atoms with E-state index in [0.717, 1.165) is 15.8 Å². The number of nitrogens with zero attached hydrogens (tertiary/aromatic N) is 2. The Kier molecular flexibility index (Phi) is 4.45. The van der Waals surface area contributed by atoms with Gasteiger partial charge in [-0.15, -0.1) is 11.3 Å². The highest BCUT2D eigenvalue weighted by Crippen LogP contribution is 2.21. The minimum atomic E-state index is -0.238. The van der Waals surface area contributed by atoms with E-state index in [9.17, 15) is 4.79 Å². The number of rotatable bonds is 4. The van der Waals surface area contributed by atoms with Gasteiger partial charge in [0.15, 0.2) is 5.13 Å². The lowest BCUT2D eigenvalue weighted by molar-refractivity contribution is 0.102. The fourth-order valence-electron chi connectivity index (χ4n) is 1.72. The van der Waals surface area contributed by atoms with Crippen LogP contribution in [0.4, 0.5) is 16.5 Å². The number of carbonyl (C=O) groups excluding carboxylic acids is 1. The minimum Gasteiger partial charge on any atom is -0.330 e. The number of hydrogen-bond donors (Lipinski definition) is 2. The molecule has 1 amide bonds. The highest BCUT2D eigenvalue weighted by Gasteiger charge is 2.11. The topological polar surface area (TPSA) is 66.9 Å². The van der Waals surface area contributed by atoms with Crippen LogP contribution in [0.1, 0.15) is 10.5 Å². The predicted molar refractivity (Wildman–Crippen MR) is 91.7 cm³/mol. The number of hydrogen-bond acceptors (Lipinski definition) is 5. The van der Waals surface area contributed by atoms with Gasteiger partial charge < -0.3 is 10.6 Å². The van der Waals surface area contributed by atoms with Gasteiger partial charge in [0.25, 0.3) is 5.91 Å². The third-order valence-corrected chi connectivity index (χ3v) is 4.04. The Hall–Kier alpha value is -2.25. The maximum atomic E-state index is 12.1. The van der Waals surface area contributed by atoms with E-state index < -0.39 is 0 Å². The lowest BCUT2D eigenvalue weighted by Gasteiger charge is -2.03. The van der Waals surface area contributed by atoms with Crippen molar-refractivity contribution < 1.29 is 4.79 Å². The maximum absolute atomic E-state index is 12.1. The summed E-state index contributed by atoms with van der Waals surface area (Å²) in [6.07, 6.45) is 3.40. The summed E-state index contributed by atoms with van der Waals surface area (Å²) in [5.41, 5.74) is 1.93. The number of thiazole rings is 1. The van der Waals surface area contributed by atoms with Gasteiger partial charge in [0.1, 0.15) is 5.69 Å². The van der Waals surface area contributed by atoms with E-state index >= 15 is 0 Å². The third kappa shape index (κ3) is 3.69. The molecule has 0 aliphatic heterocycles. The van der Waals surface area contributed by atoms with Gasteiger partial charge in [-0.05, 0) is 36.4 Å². The lowest BCUT2D eigenvalue weighted by Crippen LogP contribution is -2.12. The van der Waals surface area contributed by atoms with Gasteiger partial charge in [0.2, 0.25) is 0 Å². The molecule has 3 rings (SSSR count).